The summed E-state index contributed by atoms with van der Waals surface area (Å²) in [7, 11) is 0. The van der Waals surface area contributed by atoms with Gasteiger partial charge in [-0.3, -0.25) is 9.59 Å². The third kappa shape index (κ3) is 5.34. The van der Waals surface area contributed by atoms with Crippen LogP contribution in [0.25, 0.3) is 0 Å². The standard InChI is InChI=1S/C28H28ClN3O4/c29-22-13-18-7-8-24(22)35-11-3-4-12-36-25-16-20-6-2-1-5-19(20)15-21(25)26(33)31-23(14-18)27(34)32-28(17-30)9-10-28/h3-4,7-8,13,15-16,23H,1-2,5-6,9-12,14H2,(H,31,33)(H,32,34)/b4-3-/t23-/m0/s1. The molecule has 0 unspecified atom stereocenters. The van der Waals surface area contributed by atoms with Crippen molar-refractivity contribution in [2.24, 2.45) is 0 Å². The van der Waals surface area contributed by atoms with Crippen molar-refractivity contribution in [3.8, 4) is 17.6 Å². The van der Waals surface area contributed by atoms with Crippen molar-refractivity contribution in [2.45, 2.75) is 56.5 Å². The largest absolute Gasteiger partial charge is 0.489 e. The number of ether oxygens (including phenoxy) is 2. The van der Waals surface area contributed by atoms with Crippen molar-refractivity contribution in [1.82, 2.24) is 10.6 Å². The van der Waals surface area contributed by atoms with Crippen molar-refractivity contribution < 1.29 is 19.1 Å². The summed E-state index contributed by atoms with van der Waals surface area (Å²) in [5.74, 6) is 0.235. The molecule has 0 spiro atoms. The number of nitrogens with one attached hydrogen (secondary N) is 2. The van der Waals surface area contributed by atoms with Crippen LogP contribution in [-0.2, 0) is 24.1 Å². The third-order valence-corrected chi connectivity index (χ3v) is 7.21. The van der Waals surface area contributed by atoms with E-state index in [-0.39, 0.29) is 18.9 Å². The summed E-state index contributed by atoms with van der Waals surface area (Å²) in [6.45, 7) is 0.588. The Morgan fingerprint density at radius 1 is 1.06 bits per heavy atom. The summed E-state index contributed by atoms with van der Waals surface area (Å²) < 4.78 is 11.8. The van der Waals surface area contributed by atoms with Gasteiger partial charge in [0.1, 0.15) is 36.3 Å². The first-order valence-corrected chi connectivity index (χ1v) is 12.7. The molecule has 36 heavy (non-hydrogen) atoms. The lowest BCUT2D eigenvalue weighted by Gasteiger charge is -2.23. The number of nitrogens with zero attached hydrogens (tertiary/aromatic N) is 1. The predicted molar refractivity (Wildman–Crippen MR) is 135 cm³/mol. The Balaban J connectivity index is 1.49. The van der Waals surface area contributed by atoms with E-state index in [0.717, 1.165) is 36.8 Å². The summed E-state index contributed by atoms with van der Waals surface area (Å²) in [6, 6.07) is 10.4. The average Bonchev–Trinajstić information content (AvgIpc) is 3.65. The molecule has 2 N–H and O–H groups in total. The van der Waals surface area contributed by atoms with Crippen LogP contribution in [0, 0.1) is 11.3 Å². The van der Waals surface area contributed by atoms with Crippen LogP contribution in [0.1, 0.15) is 52.7 Å². The van der Waals surface area contributed by atoms with Crippen molar-refractivity contribution in [2.75, 3.05) is 13.2 Å². The van der Waals surface area contributed by atoms with Gasteiger partial charge in [-0.2, -0.15) is 5.26 Å². The van der Waals surface area contributed by atoms with Crippen molar-refractivity contribution >= 4 is 23.4 Å². The van der Waals surface area contributed by atoms with Crippen molar-refractivity contribution in [3.05, 3.63) is 69.8 Å². The number of hydrogen-bond acceptors (Lipinski definition) is 5. The molecular formula is C28H28ClN3O4. The zero-order valence-corrected chi connectivity index (χ0v) is 20.7. The number of nitriles is 1. The van der Waals surface area contributed by atoms with Crippen LogP contribution in [0.5, 0.6) is 11.5 Å². The lowest BCUT2D eigenvalue weighted by molar-refractivity contribution is -0.123. The van der Waals surface area contributed by atoms with Crippen LogP contribution in [0.4, 0.5) is 0 Å². The van der Waals surface area contributed by atoms with Gasteiger partial charge in [0, 0.05) is 6.42 Å². The first-order valence-electron chi connectivity index (χ1n) is 12.4. The molecule has 2 aromatic carbocycles. The molecule has 2 amide bonds. The van der Waals surface area contributed by atoms with Gasteiger partial charge in [0.2, 0.25) is 5.91 Å². The Hall–Kier alpha value is -3.50. The van der Waals surface area contributed by atoms with Gasteiger partial charge >= 0.3 is 0 Å². The summed E-state index contributed by atoms with van der Waals surface area (Å²) in [5.41, 5.74) is 2.66. The topological polar surface area (TPSA) is 100 Å². The molecule has 2 aliphatic carbocycles. The molecule has 0 saturated heterocycles. The average molecular weight is 506 g/mol. The zero-order chi connectivity index (χ0) is 25.1. The smallest absolute Gasteiger partial charge is 0.255 e. The van der Waals surface area contributed by atoms with Gasteiger partial charge in [-0.25, -0.2) is 0 Å². The highest BCUT2D eigenvalue weighted by molar-refractivity contribution is 6.32. The molecule has 8 heteroatoms. The molecule has 2 aliphatic heterocycles. The summed E-state index contributed by atoms with van der Waals surface area (Å²) in [4.78, 5) is 26.8. The minimum Gasteiger partial charge on any atom is -0.489 e. The van der Waals surface area contributed by atoms with Gasteiger partial charge < -0.3 is 20.1 Å². The monoisotopic (exact) mass is 505 g/mol. The SMILES string of the molecule is N#CC1(NC(=O)[C@@H]2Cc3ccc(c(Cl)c3)OC/C=C\COc3cc4c(cc3C(=O)N2)CCCC4)CC1. The van der Waals surface area contributed by atoms with Gasteiger partial charge in [-0.05, 0) is 91.6 Å². The Morgan fingerprint density at radius 2 is 1.75 bits per heavy atom. The van der Waals surface area contributed by atoms with E-state index in [2.05, 4.69) is 16.7 Å². The summed E-state index contributed by atoms with van der Waals surface area (Å²) in [5, 5.41) is 15.6. The summed E-state index contributed by atoms with van der Waals surface area (Å²) >= 11 is 6.42. The molecule has 2 aromatic rings. The molecule has 1 fully saturated rings. The number of halogens is 1. The highest BCUT2D eigenvalue weighted by atomic mass is 35.5. The molecule has 0 radical (unpaired) electrons. The second-order valence-electron chi connectivity index (χ2n) is 9.60. The van der Waals surface area contributed by atoms with E-state index in [0.29, 0.717) is 41.5 Å². The number of carbonyl (C=O) groups excluding carboxylic acids is 2. The normalized spacial score (nSPS) is 21.4. The molecule has 4 aliphatic rings. The number of aryl methyl sites for hydroxylation is 2. The van der Waals surface area contributed by atoms with Gasteiger partial charge in [0.05, 0.1) is 16.7 Å². The Labute approximate surface area is 215 Å². The number of hydrogen-bond donors (Lipinski definition) is 2. The molecule has 1 saturated carbocycles. The van der Waals surface area contributed by atoms with E-state index in [9.17, 15) is 14.9 Å². The highest BCUT2D eigenvalue weighted by Crippen LogP contribution is 2.35. The lowest BCUT2D eigenvalue weighted by Crippen LogP contribution is -2.51. The first-order chi connectivity index (χ1) is 17.5. The van der Waals surface area contributed by atoms with E-state index < -0.39 is 17.5 Å². The molecule has 1 atom stereocenters. The molecule has 186 valence electrons. The van der Waals surface area contributed by atoms with Gasteiger partial charge in [0.25, 0.3) is 5.91 Å². The fourth-order valence-corrected chi connectivity index (χ4v) is 4.91. The fourth-order valence-electron chi connectivity index (χ4n) is 4.65. The zero-order valence-electron chi connectivity index (χ0n) is 19.9. The van der Waals surface area contributed by atoms with Crippen LogP contribution in [0.15, 0.2) is 42.5 Å². The molecule has 7 nitrogen and oxygen atoms in total. The maximum absolute atomic E-state index is 13.6. The van der Waals surface area contributed by atoms with Gasteiger partial charge in [0.15, 0.2) is 0 Å². The minimum atomic E-state index is -0.900. The molecule has 2 bridgehead atoms. The van der Waals surface area contributed by atoms with E-state index in [1.165, 1.54) is 5.56 Å². The number of carbonyl (C=O) groups is 2. The van der Waals surface area contributed by atoms with Crippen LogP contribution in [0.3, 0.4) is 0 Å². The Bertz CT molecular complexity index is 1260. The van der Waals surface area contributed by atoms with E-state index >= 15 is 0 Å². The second-order valence-corrected chi connectivity index (χ2v) is 10.0. The lowest BCUT2D eigenvalue weighted by atomic mass is 9.89. The minimum absolute atomic E-state index is 0.208. The fraction of sp³-hybridized carbons (Fsp3) is 0.393. The van der Waals surface area contributed by atoms with Crippen LogP contribution >= 0.6 is 11.6 Å². The maximum Gasteiger partial charge on any atom is 0.255 e. The molecule has 0 aromatic heterocycles. The van der Waals surface area contributed by atoms with E-state index in [1.807, 2.05) is 30.4 Å². The predicted octanol–water partition coefficient (Wildman–Crippen LogP) is 4.06. The summed E-state index contributed by atoms with van der Waals surface area (Å²) in [6.07, 6.45) is 9.14. The van der Waals surface area contributed by atoms with Crippen LogP contribution in [0.2, 0.25) is 5.02 Å². The van der Waals surface area contributed by atoms with E-state index in [1.54, 1.807) is 12.1 Å². The van der Waals surface area contributed by atoms with Crippen LogP contribution < -0.4 is 20.1 Å². The van der Waals surface area contributed by atoms with Crippen molar-refractivity contribution in [3.63, 3.8) is 0 Å². The maximum atomic E-state index is 13.6. The molecular weight excluding hydrogens is 478 g/mol. The molecule has 2 heterocycles. The number of fused-ring (bicyclic) bond motifs is 10. The van der Waals surface area contributed by atoms with Gasteiger partial charge in [-0.15, -0.1) is 0 Å². The van der Waals surface area contributed by atoms with Gasteiger partial charge in [-0.1, -0.05) is 17.7 Å². The van der Waals surface area contributed by atoms with Crippen molar-refractivity contribution in [1.29, 1.82) is 5.26 Å². The van der Waals surface area contributed by atoms with E-state index in [4.69, 9.17) is 21.1 Å². The first kappa shape index (κ1) is 24.2. The van der Waals surface area contributed by atoms with Crippen LogP contribution in [-0.4, -0.2) is 36.6 Å². The number of rotatable bonds is 2. The Kier molecular flexibility index (Phi) is 6.88. The molecule has 6 rings (SSSR count). The quantitative estimate of drug-likeness (QED) is 0.599. The number of benzene rings is 2. The Morgan fingerprint density at radius 3 is 2.42 bits per heavy atom. The third-order valence-electron chi connectivity index (χ3n) is 6.91. The highest BCUT2D eigenvalue weighted by Gasteiger charge is 2.45. The second kappa shape index (κ2) is 10.2. The number of amides is 2.